The van der Waals surface area contributed by atoms with Crippen LogP contribution < -0.4 is 20.9 Å². The van der Waals surface area contributed by atoms with Gasteiger partial charge in [-0.3, -0.25) is 5.10 Å². The molecule has 3 heterocycles. The Kier molecular flexibility index (Phi) is 6.65. The number of anilines is 4. The highest BCUT2D eigenvalue weighted by Gasteiger charge is 2.23. The molecule has 2 aromatic heterocycles. The number of nitriles is 1. The van der Waals surface area contributed by atoms with E-state index in [1.54, 1.807) is 0 Å². The van der Waals surface area contributed by atoms with Crippen LogP contribution in [0.15, 0.2) is 24.5 Å². The Morgan fingerprint density at radius 1 is 1.26 bits per heavy atom. The lowest BCUT2D eigenvalue weighted by molar-refractivity contribution is 0.417. The predicted octanol–water partition coefficient (Wildman–Crippen LogP) is 3.44. The van der Waals surface area contributed by atoms with Gasteiger partial charge in [-0.05, 0) is 36.9 Å². The Morgan fingerprint density at radius 2 is 2.09 bits per heavy atom. The van der Waals surface area contributed by atoms with Crippen molar-refractivity contribution in [3.05, 3.63) is 35.7 Å². The van der Waals surface area contributed by atoms with Crippen LogP contribution >= 0.6 is 0 Å². The van der Waals surface area contributed by atoms with E-state index in [0.29, 0.717) is 29.0 Å². The number of H-pyrrole nitrogens is 1. The first-order valence-electron chi connectivity index (χ1n) is 11.5. The van der Waals surface area contributed by atoms with E-state index in [0.717, 1.165) is 42.9 Å². The monoisotopic (exact) mass is 460 g/mol. The number of benzene rings is 1. The normalized spacial score (nSPS) is 15.7. The second-order valence-corrected chi connectivity index (χ2v) is 9.95. The lowest BCUT2D eigenvalue weighted by Gasteiger charge is -2.29. The summed E-state index contributed by atoms with van der Waals surface area (Å²) in [6.07, 6.45) is 2.48. The zero-order valence-corrected chi connectivity index (χ0v) is 20.4. The minimum absolute atomic E-state index is 0.0327. The summed E-state index contributed by atoms with van der Waals surface area (Å²) in [6, 6.07) is 8.55. The van der Waals surface area contributed by atoms with Gasteiger partial charge in [-0.1, -0.05) is 32.9 Å². The minimum atomic E-state index is 0.0327. The van der Waals surface area contributed by atoms with Crippen LogP contribution in [0.1, 0.15) is 38.3 Å². The van der Waals surface area contributed by atoms with Gasteiger partial charge in [0.25, 0.3) is 0 Å². The van der Waals surface area contributed by atoms with Crippen molar-refractivity contribution in [2.24, 2.45) is 5.41 Å². The zero-order chi connectivity index (χ0) is 24.3. The highest BCUT2D eigenvalue weighted by molar-refractivity contribution is 5.75. The van der Waals surface area contributed by atoms with Gasteiger partial charge in [-0.2, -0.15) is 20.3 Å². The summed E-state index contributed by atoms with van der Waals surface area (Å²) in [6.45, 7) is 11.1. The van der Waals surface area contributed by atoms with Crippen LogP contribution in [0.5, 0.6) is 0 Å². The summed E-state index contributed by atoms with van der Waals surface area (Å²) in [5, 5.41) is 27.2. The van der Waals surface area contributed by atoms with Crippen LogP contribution in [0.3, 0.4) is 0 Å². The van der Waals surface area contributed by atoms with Crippen molar-refractivity contribution in [3.63, 3.8) is 0 Å². The molecule has 1 fully saturated rings. The number of nitrogens with zero attached hydrogens (tertiary/aromatic N) is 6. The molecule has 1 aliphatic heterocycles. The molecule has 0 radical (unpaired) electrons. The van der Waals surface area contributed by atoms with Crippen molar-refractivity contribution in [2.75, 3.05) is 42.2 Å². The molecule has 0 spiro atoms. The van der Waals surface area contributed by atoms with Gasteiger partial charge in [-0.15, -0.1) is 0 Å². The molecule has 34 heavy (non-hydrogen) atoms. The van der Waals surface area contributed by atoms with Gasteiger partial charge in [0.1, 0.15) is 18.0 Å². The van der Waals surface area contributed by atoms with Gasteiger partial charge < -0.3 is 20.9 Å². The van der Waals surface area contributed by atoms with Gasteiger partial charge >= 0.3 is 0 Å². The summed E-state index contributed by atoms with van der Waals surface area (Å²) in [5.74, 6) is 2.26. The van der Waals surface area contributed by atoms with Crippen molar-refractivity contribution in [2.45, 2.75) is 40.2 Å². The summed E-state index contributed by atoms with van der Waals surface area (Å²) in [7, 11) is 1.97. The summed E-state index contributed by atoms with van der Waals surface area (Å²) < 4.78 is 0. The second-order valence-electron chi connectivity index (χ2n) is 9.95. The quantitative estimate of drug-likeness (QED) is 0.419. The lowest BCUT2D eigenvalue weighted by Crippen LogP contribution is -2.31. The molecule has 0 saturated carbocycles. The summed E-state index contributed by atoms with van der Waals surface area (Å²) in [5.41, 5.74) is 3.18. The Labute approximate surface area is 200 Å². The molecule has 1 unspecified atom stereocenters. The average Bonchev–Trinajstić information content (AvgIpc) is 3.48. The Balaban J connectivity index is 1.75. The number of aromatic nitrogens is 5. The molecule has 4 N–H and O–H groups in total. The third kappa shape index (κ3) is 5.43. The third-order valence-corrected chi connectivity index (χ3v) is 5.65. The van der Waals surface area contributed by atoms with Crippen LogP contribution in [-0.4, -0.2) is 57.9 Å². The number of aromatic amines is 1. The fourth-order valence-corrected chi connectivity index (χ4v) is 4.11. The van der Waals surface area contributed by atoms with E-state index in [2.05, 4.69) is 58.0 Å². The fourth-order valence-electron chi connectivity index (χ4n) is 4.11. The predicted molar refractivity (Wildman–Crippen MR) is 134 cm³/mol. The number of nitrogens with one attached hydrogen (secondary N) is 4. The van der Waals surface area contributed by atoms with E-state index in [4.69, 9.17) is 9.97 Å². The molecule has 10 heteroatoms. The molecule has 10 nitrogen and oxygen atoms in total. The van der Waals surface area contributed by atoms with Crippen LogP contribution in [0.2, 0.25) is 0 Å². The summed E-state index contributed by atoms with van der Waals surface area (Å²) >= 11 is 0. The Bertz CT molecular complexity index is 1170. The first kappa shape index (κ1) is 23.4. The third-order valence-electron chi connectivity index (χ3n) is 5.65. The number of aryl methyl sites for hydroxylation is 1. The maximum Gasteiger partial charge on any atom is 0.226 e. The van der Waals surface area contributed by atoms with E-state index in [9.17, 15) is 5.26 Å². The topological polar surface area (TPSA) is 130 Å². The van der Waals surface area contributed by atoms with Crippen LogP contribution in [0, 0.1) is 23.7 Å². The molecule has 1 aromatic carbocycles. The van der Waals surface area contributed by atoms with E-state index in [1.807, 2.05) is 37.1 Å². The van der Waals surface area contributed by atoms with Gasteiger partial charge in [0.2, 0.25) is 5.95 Å². The number of hydrogen-bond donors (Lipinski definition) is 4. The number of hydrogen-bond acceptors (Lipinski definition) is 9. The van der Waals surface area contributed by atoms with Crippen LogP contribution in [0.25, 0.3) is 11.4 Å². The van der Waals surface area contributed by atoms with Crippen molar-refractivity contribution < 1.29 is 0 Å². The lowest BCUT2D eigenvalue weighted by atomic mass is 9.96. The second kappa shape index (κ2) is 9.65. The van der Waals surface area contributed by atoms with E-state index in [1.165, 1.54) is 6.33 Å². The smallest absolute Gasteiger partial charge is 0.226 e. The molecule has 1 saturated heterocycles. The molecule has 0 amide bonds. The van der Waals surface area contributed by atoms with Gasteiger partial charge in [0.15, 0.2) is 17.5 Å². The van der Waals surface area contributed by atoms with E-state index in [-0.39, 0.29) is 11.5 Å². The largest absolute Gasteiger partial charge is 0.358 e. The average molecular weight is 461 g/mol. The minimum Gasteiger partial charge on any atom is -0.358 e. The standard InChI is InChI=1S/C24H32N10/c1-15-6-7-16(20-27-14-28-33-20)10-19(15)30-21-18(11-25)22(34(5)13-24(2,3)4)32-23(31-21)29-17-8-9-26-12-17/h6-7,10,14,17,26H,8-9,12-13H2,1-5H3,(H,27,28,33)(H2,29,30,31,32). The molecule has 0 aliphatic carbocycles. The molecule has 4 rings (SSSR count). The first-order valence-corrected chi connectivity index (χ1v) is 11.5. The first-order chi connectivity index (χ1) is 16.2. The Hall–Kier alpha value is -3.71. The molecule has 3 aromatic rings. The van der Waals surface area contributed by atoms with Gasteiger partial charge in [-0.25, -0.2) is 4.98 Å². The van der Waals surface area contributed by atoms with Crippen molar-refractivity contribution in [3.8, 4) is 17.5 Å². The molecular formula is C24H32N10. The molecular weight excluding hydrogens is 428 g/mol. The molecule has 1 atom stereocenters. The maximum atomic E-state index is 10.1. The SMILES string of the molecule is Cc1ccc(-c2ncn[nH]2)cc1Nc1nc(NC2CCNC2)nc(N(C)CC(C)(C)C)c1C#N. The summed E-state index contributed by atoms with van der Waals surface area (Å²) in [4.78, 5) is 15.8. The molecule has 178 valence electrons. The highest BCUT2D eigenvalue weighted by Crippen LogP contribution is 2.32. The fraction of sp³-hybridized carbons (Fsp3) is 0.458. The molecule has 1 aliphatic rings. The zero-order valence-electron chi connectivity index (χ0n) is 20.4. The van der Waals surface area contributed by atoms with Crippen LogP contribution in [-0.2, 0) is 0 Å². The van der Waals surface area contributed by atoms with Gasteiger partial charge in [0, 0.05) is 37.4 Å². The highest BCUT2D eigenvalue weighted by atomic mass is 15.2. The van der Waals surface area contributed by atoms with Crippen molar-refractivity contribution in [1.82, 2.24) is 30.5 Å². The van der Waals surface area contributed by atoms with E-state index >= 15 is 0 Å². The van der Waals surface area contributed by atoms with Crippen molar-refractivity contribution in [1.29, 1.82) is 5.26 Å². The van der Waals surface area contributed by atoms with Crippen LogP contribution in [0.4, 0.5) is 23.3 Å². The van der Waals surface area contributed by atoms with Crippen molar-refractivity contribution >= 4 is 23.3 Å². The van der Waals surface area contributed by atoms with Gasteiger partial charge in [0.05, 0.1) is 0 Å². The molecule has 0 bridgehead atoms. The maximum absolute atomic E-state index is 10.1. The van der Waals surface area contributed by atoms with E-state index < -0.39 is 0 Å². The number of rotatable bonds is 7. The Morgan fingerprint density at radius 3 is 2.74 bits per heavy atom.